The van der Waals surface area contributed by atoms with Crippen molar-refractivity contribution in [3.05, 3.63) is 78.1 Å². The van der Waals surface area contributed by atoms with Crippen LogP contribution >= 0.6 is 0 Å². The third-order valence-electron chi connectivity index (χ3n) is 4.17. The van der Waals surface area contributed by atoms with Crippen LogP contribution in [0.4, 0.5) is 0 Å². The van der Waals surface area contributed by atoms with Crippen LogP contribution in [0.25, 0.3) is 5.69 Å². The smallest absolute Gasteiger partial charge is 0.254 e. The molecule has 114 valence electrons. The highest BCUT2D eigenvalue weighted by Crippen LogP contribution is 2.18. The zero-order valence-electron chi connectivity index (χ0n) is 12.6. The molecule has 0 N–H and O–H groups in total. The largest absolute Gasteiger partial charge is 0.334 e. The fraction of sp³-hybridized carbons (Fsp3) is 0.167. The summed E-state index contributed by atoms with van der Waals surface area (Å²) in [5, 5.41) is 0. The lowest BCUT2D eigenvalue weighted by molar-refractivity contribution is 0.0733. The monoisotopic (exact) mass is 304 g/mol. The molecule has 0 unspecified atom stereocenters. The highest BCUT2D eigenvalue weighted by atomic mass is 16.2. The van der Waals surface area contributed by atoms with Crippen molar-refractivity contribution in [1.82, 2.24) is 19.4 Å². The molecule has 1 aliphatic rings. The van der Waals surface area contributed by atoms with E-state index < -0.39 is 0 Å². The SMILES string of the molecule is O=C(c1ccc(-n2cccc2)cc1)N1CCc2ncncc2C1. The van der Waals surface area contributed by atoms with Gasteiger partial charge in [0.2, 0.25) is 0 Å². The van der Waals surface area contributed by atoms with Crippen molar-refractivity contribution in [2.75, 3.05) is 6.54 Å². The Morgan fingerprint density at radius 1 is 1.09 bits per heavy atom. The van der Waals surface area contributed by atoms with Gasteiger partial charge >= 0.3 is 0 Å². The number of carbonyl (C=O) groups excluding carboxylic acids is 1. The van der Waals surface area contributed by atoms with Crippen molar-refractivity contribution in [1.29, 1.82) is 0 Å². The Morgan fingerprint density at radius 3 is 2.65 bits per heavy atom. The molecule has 1 aliphatic heterocycles. The number of fused-ring (bicyclic) bond motifs is 1. The Bertz CT molecular complexity index is 824. The molecular formula is C18H16N4O. The van der Waals surface area contributed by atoms with Crippen molar-refractivity contribution in [2.45, 2.75) is 13.0 Å². The van der Waals surface area contributed by atoms with Gasteiger partial charge in [-0.15, -0.1) is 0 Å². The lowest BCUT2D eigenvalue weighted by atomic mass is 10.1. The van der Waals surface area contributed by atoms with Gasteiger partial charge in [-0.25, -0.2) is 9.97 Å². The highest BCUT2D eigenvalue weighted by Gasteiger charge is 2.22. The Hall–Kier alpha value is -2.95. The first-order chi connectivity index (χ1) is 11.3. The minimum absolute atomic E-state index is 0.0542. The maximum absolute atomic E-state index is 12.7. The van der Waals surface area contributed by atoms with Crippen molar-refractivity contribution >= 4 is 5.91 Å². The van der Waals surface area contributed by atoms with Crippen molar-refractivity contribution in [3.63, 3.8) is 0 Å². The summed E-state index contributed by atoms with van der Waals surface area (Å²) in [6.07, 6.45) is 8.12. The van der Waals surface area contributed by atoms with Gasteiger partial charge in [0.05, 0.1) is 5.69 Å². The first-order valence-corrected chi connectivity index (χ1v) is 7.62. The van der Waals surface area contributed by atoms with Crippen molar-refractivity contribution in [2.24, 2.45) is 0 Å². The van der Waals surface area contributed by atoms with Gasteiger partial charge in [-0.1, -0.05) is 0 Å². The highest BCUT2D eigenvalue weighted by molar-refractivity contribution is 5.94. The van der Waals surface area contributed by atoms with Gasteiger partial charge in [-0.05, 0) is 36.4 Å². The summed E-state index contributed by atoms with van der Waals surface area (Å²) >= 11 is 0. The summed E-state index contributed by atoms with van der Waals surface area (Å²) in [5.74, 6) is 0.0542. The molecule has 3 aromatic rings. The van der Waals surface area contributed by atoms with Crippen LogP contribution in [0.2, 0.25) is 0 Å². The van der Waals surface area contributed by atoms with E-state index in [-0.39, 0.29) is 5.91 Å². The third-order valence-corrected chi connectivity index (χ3v) is 4.17. The number of nitrogens with zero attached hydrogens (tertiary/aromatic N) is 4. The molecule has 0 saturated heterocycles. The predicted octanol–water partition coefficient (Wildman–Crippen LogP) is 2.47. The molecular weight excluding hydrogens is 288 g/mol. The average molecular weight is 304 g/mol. The van der Waals surface area contributed by atoms with E-state index in [0.717, 1.165) is 23.4 Å². The number of amides is 1. The van der Waals surface area contributed by atoms with Gasteiger partial charge in [0, 0.05) is 54.9 Å². The topological polar surface area (TPSA) is 51.0 Å². The molecule has 5 nitrogen and oxygen atoms in total. The second kappa shape index (κ2) is 5.68. The van der Waals surface area contributed by atoms with Gasteiger partial charge in [0.1, 0.15) is 6.33 Å². The van der Waals surface area contributed by atoms with E-state index in [1.54, 1.807) is 12.5 Å². The van der Waals surface area contributed by atoms with E-state index in [9.17, 15) is 4.79 Å². The lowest BCUT2D eigenvalue weighted by Crippen LogP contribution is -2.36. The second-order valence-electron chi connectivity index (χ2n) is 5.61. The first kappa shape index (κ1) is 13.7. The molecule has 0 aliphatic carbocycles. The van der Waals surface area contributed by atoms with Crippen molar-refractivity contribution in [3.8, 4) is 5.69 Å². The Kier molecular flexibility index (Phi) is 3.38. The Balaban J connectivity index is 1.53. The second-order valence-corrected chi connectivity index (χ2v) is 5.61. The zero-order valence-corrected chi connectivity index (χ0v) is 12.6. The summed E-state index contributed by atoms with van der Waals surface area (Å²) in [5.41, 5.74) is 3.84. The number of carbonyl (C=O) groups is 1. The van der Waals surface area contributed by atoms with E-state index in [4.69, 9.17) is 0 Å². The van der Waals surface area contributed by atoms with E-state index in [2.05, 4.69) is 9.97 Å². The quantitative estimate of drug-likeness (QED) is 0.731. The fourth-order valence-corrected chi connectivity index (χ4v) is 2.91. The van der Waals surface area contributed by atoms with Crippen LogP contribution in [0.5, 0.6) is 0 Å². The molecule has 3 heterocycles. The lowest BCUT2D eigenvalue weighted by Gasteiger charge is -2.28. The zero-order chi connectivity index (χ0) is 15.6. The summed E-state index contributed by atoms with van der Waals surface area (Å²) in [4.78, 5) is 22.9. The Labute approximate surface area is 134 Å². The summed E-state index contributed by atoms with van der Waals surface area (Å²) in [6.45, 7) is 1.27. The maximum atomic E-state index is 12.7. The number of aromatic nitrogens is 3. The van der Waals surface area contributed by atoms with Gasteiger partial charge in [-0.3, -0.25) is 4.79 Å². The minimum Gasteiger partial charge on any atom is -0.334 e. The summed E-state index contributed by atoms with van der Waals surface area (Å²) < 4.78 is 2.02. The van der Waals surface area contributed by atoms with Crippen LogP contribution in [-0.2, 0) is 13.0 Å². The van der Waals surface area contributed by atoms with E-state index in [1.165, 1.54) is 0 Å². The molecule has 0 fully saturated rings. The van der Waals surface area contributed by atoms with Crippen LogP contribution in [0.15, 0.2) is 61.3 Å². The fourth-order valence-electron chi connectivity index (χ4n) is 2.91. The predicted molar refractivity (Wildman–Crippen MR) is 86.2 cm³/mol. The summed E-state index contributed by atoms with van der Waals surface area (Å²) in [7, 11) is 0. The summed E-state index contributed by atoms with van der Waals surface area (Å²) in [6, 6.07) is 11.7. The van der Waals surface area contributed by atoms with Gasteiger partial charge in [0.25, 0.3) is 5.91 Å². The molecule has 0 saturated carbocycles. The van der Waals surface area contributed by atoms with Gasteiger partial charge in [-0.2, -0.15) is 0 Å². The minimum atomic E-state index is 0.0542. The first-order valence-electron chi connectivity index (χ1n) is 7.62. The van der Waals surface area contributed by atoms with E-state index in [0.29, 0.717) is 18.7 Å². The number of hydrogen-bond donors (Lipinski definition) is 0. The van der Waals surface area contributed by atoms with Crippen LogP contribution in [-0.4, -0.2) is 31.9 Å². The van der Waals surface area contributed by atoms with E-state index >= 15 is 0 Å². The van der Waals surface area contributed by atoms with Crippen LogP contribution < -0.4 is 0 Å². The normalized spacial score (nSPS) is 13.7. The Morgan fingerprint density at radius 2 is 1.87 bits per heavy atom. The van der Waals surface area contributed by atoms with Gasteiger partial charge < -0.3 is 9.47 Å². The van der Waals surface area contributed by atoms with Gasteiger partial charge in [0.15, 0.2) is 0 Å². The maximum Gasteiger partial charge on any atom is 0.254 e. The molecule has 23 heavy (non-hydrogen) atoms. The van der Waals surface area contributed by atoms with E-state index in [1.807, 2.05) is 58.3 Å². The molecule has 1 amide bonds. The molecule has 4 rings (SSSR count). The molecule has 2 aromatic heterocycles. The standard InChI is InChI=1S/C18H16N4O/c23-18(22-10-7-17-15(12-22)11-19-13-20-17)14-3-5-16(6-4-14)21-8-1-2-9-21/h1-6,8-9,11,13H,7,10,12H2. The van der Waals surface area contributed by atoms with Crippen LogP contribution in [0, 0.1) is 0 Å². The third kappa shape index (κ3) is 2.61. The molecule has 0 spiro atoms. The van der Waals surface area contributed by atoms with Crippen molar-refractivity contribution < 1.29 is 4.79 Å². The molecule has 0 atom stereocenters. The molecule has 0 radical (unpaired) electrons. The molecule has 5 heteroatoms. The number of rotatable bonds is 2. The van der Waals surface area contributed by atoms with Crippen LogP contribution in [0.3, 0.4) is 0 Å². The number of benzene rings is 1. The molecule has 1 aromatic carbocycles. The average Bonchev–Trinajstić information content (AvgIpc) is 3.15. The number of hydrogen-bond acceptors (Lipinski definition) is 3. The molecule has 0 bridgehead atoms. The van der Waals surface area contributed by atoms with Crippen LogP contribution in [0.1, 0.15) is 21.6 Å².